The molecular formula is C16H17ClINO. The first-order valence-corrected chi connectivity index (χ1v) is 8.02. The molecule has 106 valence electrons. The summed E-state index contributed by atoms with van der Waals surface area (Å²) >= 11 is 8.53. The van der Waals surface area contributed by atoms with Crippen LogP contribution in [-0.4, -0.2) is 6.04 Å². The lowest BCUT2D eigenvalue weighted by molar-refractivity contribution is 0.472. The average Bonchev–Trinajstić information content (AvgIpc) is 2.44. The van der Waals surface area contributed by atoms with E-state index in [9.17, 15) is 0 Å². The summed E-state index contributed by atoms with van der Waals surface area (Å²) in [4.78, 5) is 0. The van der Waals surface area contributed by atoms with Crippen LogP contribution in [0.15, 0.2) is 42.5 Å². The Bertz CT molecular complexity index is 571. The molecule has 2 nitrogen and oxygen atoms in total. The monoisotopic (exact) mass is 401 g/mol. The molecule has 2 aromatic carbocycles. The summed E-state index contributed by atoms with van der Waals surface area (Å²) in [5, 5.41) is 0.615. The molecular weight excluding hydrogens is 385 g/mol. The molecule has 0 fully saturated rings. The summed E-state index contributed by atoms with van der Waals surface area (Å²) in [7, 11) is 0. The largest absolute Gasteiger partial charge is 0.456 e. The molecule has 4 heteroatoms. The van der Waals surface area contributed by atoms with E-state index in [1.165, 1.54) is 3.57 Å². The van der Waals surface area contributed by atoms with Gasteiger partial charge in [0.2, 0.25) is 0 Å². The van der Waals surface area contributed by atoms with Crippen LogP contribution < -0.4 is 10.5 Å². The topological polar surface area (TPSA) is 35.2 Å². The molecule has 2 rings (SSSR count). The molecule has 0 saturated carbocycles. The van der Waals surface area contributed by atoms with Crippen LogP contribution in [0.25, 0.3) is 0 Å². The summed E-state index contributed by atoms with van der Waals surface area (Å²) in [6, 6.07) is 13.8. The lowest BCUT2D eigenvalue weighted by Crippen LogP contribution is -2.21. The number of nitrogens with two attached hydrogens (primary N) is 1. The number of hydrogen-bond acceptors (Lipinski definition) is 2. The van der Waals surface area contributed by atoms with E-state index in [0.717, 1.165) is 24.2 Å². The standard InChI is InChI=1S/C16H17ClINO/c1-2-13(19)10-11-4-3-5-15(17)16(11)20-14-8-6-12(18)7-9-14/h3-9,13H,2,10,19H2,1H3. The molecule has 0 aromatic heterocycles. The molecule has 0 bridgehead atoms. The average molecular weight is 402 g/mol. The zero-order valence-corrected chi connectivity index (χ0v) is 14.2. The zero-order valence-electron chi connectivity index (χ0n) is 11.3. The van der Waals surface area contributed by atoms with Gasteiger partial charge in [-0.1, -0.05) is 30.7 Å². The molecule has 2 aromatic rings. The van der Waals surface area contributed by atoms with E-state index in [1.54, 1.807) is 0 Å². The Kier molecular flexibility index (Phi) is 5.69. The number of halogens is 2. The van der Waals surface area contributed by atoms with Crippen LogP contribution in [0, 0.1) is 3.57 Å². The quantitative estimate of drug-likeness (QED) is 0.714. The summed E-state index contributed by atoms with van der Waals surface area (Å²) < 4.78 is 7.12. The third-order valence-electron chi connectivity index (χ3n) is 3.09. The van der Waals surface area contributed by atoms with Crippen molar-refractivity contribution in [2.75, 3.05) is 0 Å². The van der Waals surface area contributed by atoms with Crippen molar-refractivity contribution in [2.24, 2.45) is 5.73 Å². The van der Waals surface area contributed by atoms with Crippen molar-refractivity contribution in [1.82, 2.24) is 0 Å². The minimum Gasteiger partial charge on any atom is -0.456 e. The highest BCUT2D eigenvalue weighted by Gasteiger charge is 2.12. The van der Waals surface area contributed by atoms with Crippen molar-refractivity contribution in [1.29, 1.82) is 0 Å². The summed E-state index contributed by atoms with van der Waals surface area (Å²) in [6.07, 6.45) is 1.69. The lowest BCUT2D eigenvalue weighted by Gasteiger charge is -2.15. The number of ether oxygens (including phenoxy) is 1. The van der Waals surface area contributed by atoms with E-state index in [0.29, 0.717) is 10.8 Å². The van der Waals surface area contributed by atoms with Gasteiger partial charge < -0.3 is 10.5 Å². The van der Waals surface area contributed by atoms with Gasteiger partial charge in [0, 0.05) is 9.61 Å². The molecule has 0 saturated heterocycles. The van der Waals surface area contributed by atoms with E-state index in [4.69, 9.17) is 22.1 Å². The van der Waals surface area contributed by atoms with Gasteiger partial charge in [0.15, 0.2) is 0 Å². The third kappa shape index (κ3) is 4.11. The summed E-state index contributed by atoms with van der Waals surface area (Å²) in [5.41, 5.74) is 7.08. The number of benzene rings is 2. The van der Waals surface area contributed by atoms with E-state index in [1.807, 2.05) is 42.5 Å². The van der Waals surface area contributed by atoms with E-state index in [2.05, 4.69) is 29.5 Å². The van der Waals surface area contributed by atoms with Crippen molar-refractivity contribution in [2.45, 2.75) is 25.8 Å². The van der Waals surface area contributed by atoms with Gasteiger partial charge >= 0.3 is 0 Å². The van der Waals surface area contributed by atoms with Gasteiger partial charge in [-0.25, -0.2) is 0 Å². The molecule has 20 heavy (non-hydrogen) atoms. The molecule has 0 radical (unpaired) electrons. The fourth-order valence-corrected chi connectivity index (χ4v) is 2.47. The Balaban J connectivity index is 2.27. The summed E-state index contributed by atoms with van der Waals surface area (Å²) in [5.74, 6) is 1.49. The maximum absolute atomic E-state index is 6.27. The van der Waals surface area contributed by atoms with Crippen LogP contribution in [0.3, 0.4) is 0 Å². The molecule has 1 unspecified atom stereocenters. The molecule has 0 amide bonds. The van der Waals surface area contributed by atoms with Crippen LogP contribution >= 0.6 is 34.2 Å². The zero-order chi connectivity index (χ0) is 14.5. The predicted molar refractivity (Wildman–Crippen MR) is 92.7 cm³/mol. The van der Waals surface area contributed by atoms with Gasteiger partial charge in [-0.2, -0.15) is 0 Å². The first kappa shape index (κ1) is 15.6. The van der Waals surface area contributed by atoms with Crippen LogP contribution in [0.2, 0.25) is 5.02 Å². The Morgan fingerprint density at radius 3 is 2.55 bits per heavy atom. The Labute approximate surface area is 138 Å². The minimum absolute atomic E-state index is 0.118. The maximum Gasteiger partial charge on any atom is 0.149 e. The Morgan fingerprint density at radius 2 is 1.90 bits per heavy atom. The van der Waals surface area contributed by atoms with Gasteiger partial charge in [0.25, 0.3) is 0 Å². The fourth-order valence-electron chi connectivity index (χ4n) is 1.88. The van der Waals surface area contributed by atoms with Gasteiger partial charge in [-0.3, -0.25) is 0 Å². The smallest absolute Gasteiger partial charge is 0.149 e. The molecule has 0 aliphatic rings. The summed E-state index contributed by atoms with van der Waals surface area (Å²) in [6.45, 7) is 2.08. The second-order valence-electron chi connectivity index (χ2n) is 4.66. The highest BCUT2D eigenvalue weighted by Crippen LogP contribution is 2.33. The van der Waals surface area contributed by atoms with Crippen molar-refractivity contribution >= 4 is 34.2 Å². The van der Waals surface area contributed by atoms with Crippen LogP contribution in [-0.2, 0) is 6.42 Å². The van der Waals surface area contributed by atoms with Crippen LogP contribution in [0.4, 0.5) is 0 Å². The molecule has 0 spiro atoms. The molecule has 2 N–H and O–H groups in total. The highest BCUT2D eigenvalue weighted by atomic mass is 127. The van der Waals surface area contributed by atoms with Crippen LogP contribution in [0.1, 0.15) is 18.9 Å². The molecule has 0 heterocycles. The van der Waals surface area contributed by atoms with E-state index in [-0.39, 0.29) is 6.04 Å². The van der Waals surface area contributed by atoms with Crippen molar-refractivity contribution in [3.05, 3.63) is 56.6 Å². The first-order valence-electron chi connectivity index (χ1n) is 6.56. The lowest BCUT2D eigenvalue weighted by atomic mass is 10.0. The number of para-hydroxylation sites is 1. The van der Waals surface area contributed by atoms with E-state index >= 15 is 0 Å². The van der Waals surface area contributed by atoms with Gasteiger partial charge in [0.1, 0.15) is 11.5 Å². The van der Waals surface area contributed by atoms with Crippen molar-refractivity contribution in [3.63, 3.8) is 0 Å². The SMILES string of the molecule is CCC(N)Cc1cccc(Cl)c1Oc1ccc(I)cc1. The fraction of sp³-hybridized carbons (Fsp3) is 0.250. The van der Waals surface area contributed by atoms with E-state index < -0.39 is 0 Å². The molecule has 0 aliphatic heterocycles. The second kappa shape index (κ2) is 7.29. The third-order valence-corrected chi connectivity index (χ3v) is 4.11. The first-order chi connectivity index (χ1) is 9.60. The van der Waals surface area contributed by atoms with Crippen molar-refractivity contribution in [3.8, 4) is 11.5 Å². The van der Waals surface area contributed by atoms with Gasteiger partial charge in [0.05, 0.1) is 5.02 Å². The predicted octanol–water partition coefficient (Wildman–Crippen LogP) is 5.02. The maximum atomic E-state index is 6.27. The second-order valence-corrected chi connectivity index (χ2v) is 6.31. The van der Waals surface area contributed by atoms with Crippen LogP contribution in [0.5, 0.6) is 11.5 Å². The van der Waals surface area contributed by atoms with Crippen molar-refractivity contribution < 1.29 is 4.74 Å². The number of hydrogen-bond donors (Lipinski definition) is 1. The number of rotatable bonds is 5. The normalized spacial score (nSPS) is 12.2. The molecule has 0 aliphatic carbocycles. The van der Waals surface area contributed by atoms with Gasteiger partial charge in [-0.15, -0.1) is 0 Å². The molecule has 1 atom stereocenters. The Hall–Kier alpha value is -0.780. The Morgan fingerprint density at radius 1 is 1.20 bits per heavy atom. The van der Waals surface area contributed by atoms with Gasteiger partial charge in [-0.05, 0) is 71.3 Å². The minimum atomic E-state index is 0.118. The highest BCUT2D eigenvalue weighted by molar-refractivity contribution is 14.1.